The monoisotopic (exact) mass is 708 g/mol. The summed E-state index contributed by atoms with van der Waals surface area (Å²) < 4.78 is 15.3. The molecule has 2 aromatic rings. The maximum Gasteiger partial charge on any atom is 0.260 e. The summed E-state index contributed by atoms with van der Waals surface area (Å²) >= 11 is 6.51. The fraction of sp³-hybridized carbons (Fsp3) is 0.600. The maximum absolute atomic E-state index is 13.5. The number of ether oxygens (including phenoxy) is 2. The molecule has 9 heteroatoms. The number of nitrogens with one attached hydrogen (secondary N) is 1. The van der Waals surface area contributed by atoms with Gasteiger partial charge in [-0.25, -0.2) is 0 Å². The third kappa shape index (κ3) is 8.25. The number of aryl methyl sites for hydroxylation is 1. The molecule has 6 rings (SSSR count). The molecule has 5 atom stereocenters. The third-order valence-corrected chi connectivity index (χ3v) is 13.3. The maximum atomic E-state index is 13.5. The van der Waals surface area contributed by atoms with Gasteiger partial charge in [0.15, 0.2) is 0 Å². The first-order valence-corrected chi connectivity index (χ1v) is 20.3. The quantitative estimate of drug-likeness (QED) is 0.186. The minimum absolute atomic E-state index is 0.0673. The van der Waals surface area contributed by atoms with E-state index in [9.17, 15) is 4.79 Å². The summed E-state index contributed by atoms with van der Waals surface area (Å²) in [4.78, 5) is 21.3. The Labute approximate surface area is 302 Å². The van der Waals surface area contributed by atoms with E-state index in [0.29, 0.717) is 30.0 Å². The lowest BCUT2D eigenvalue weighted by atomic mass is 9.67. The lowest BCUT2D eigenvalue weighted by Crippen LogP contribution is -2.56. The lowest BCUT2D eigenvalue weighted by Gasteiger charge is -2.49. The van der Waals surface area contributed by atoms with Gasteiger partial charge in [0.25, 0.3) is 5.91 Å². The van der Waals surface area contributed by atoms with E-state index >= 15 is 0 Å². The molecule has 7 nitrogen and oxygen atoms in total. The number of methoxy groups -OCH3 is 1. The molecule has 1 saturated heterocycles. The van der Waals surface area contributed by atoms with Crippen molar-refractivity contribution in [1.82, 2.24) is 14.5 Å². The van der Waals surface area contributed by atoms with Crippen LogP contribution in [0.5, 0.6) is 5.75 Å². The Morgan fingerprint density at radius 2 is 2.00 bits per heavy atom. The van der Waals surface area contributed by atoms with E-state index in [1.165, 1.54) is 24.0 Å². The SMILES string of the molecule is C=S(NC(=O)c1ccc2c(c1)N(CC1CCC1C(/C=C/CC)N1CCN(CCOC)CC1)C[C@@]1(CCCc3cc(Cl)ccc31)CO2)C(C)C. The Kier molecular flexibility index (Phi) is 12.1. The van der Waals surface area contributed by atoms with Crippen molar-refractivity contribution in [3.8, 4) is 5.75 Å². The number of allylic oxidation sites excluding steroid dienone is 1. The van der Waals surface area contributed by atoms with E-state index in [2.05, 4.69) is 76.4 Å². The van der Waals surface area contributed by atoms with Gasteiger partial charge < -0.3 is 19.1 Å². The zero-order valence-electron chi connectivity index (χ0n) is 30.1. The van der Waals surface area contributed by atoms with Crippen LogP contribution in [0.1, 0.15) is 74.4 Å². The molecular formula is C40H57ClN4O3S. The molecule has 1 amide bonds. The molecule has 1 spiro atoms. The Balaban J connectivity index is 1.29. The molecular weight excluding hydrogens is 652 g/mol. The summed E-state index contributed by atoms with van der Waals surface area (Å²) in [5, 5.41) is 1.08. The van der Waals surface area contributed by atoms with Crippen molar-refractivity contribution in [3.05, 3.63) is 70.3 Å². The Morgan fingerprint density at radius 1 is 1.18 bits per heavy atom. The second-order valence-corrected chi connectivity index (χ2v) is 17.3. The molecule has 2 heterocycles. The number of nitrogens with zero attached hydrogens (tertiary/aromatic N) is 3. The number of amides is 1. The van der Waals surface area contributed by atoms with Crippen molar-refractivity contribution in [2.75, 3.05) is 71.0 Å². The Morgan fingerprint density at radius 3 is 2.71 bits per heavy atom. The number of hydrogen-bond donors (Lipinski definition) is 1. The van der Waals surface area contributed by atoms with Crippen LogP contribution >= 0.6 is 22.3 Å². The Hall–Kier alpha value is -2.36. The normalized spacial score (nSPS) is 25.7. The highest BCUT2D eigenvalue weighted by molar-refractivity contribution is 8.13. The summed E-state index contributed by atoms with van der Waals surface area (Å²) in [5.74, 6) is 6.15. The van der Waals surface area contributed by atoms with Crippen LogP contribution < -0.4 is 14.4 Å². The van der Waals surface area contributed by atoms with Crippen LogP contribution in [0, 0.1) is 11.8 Å². The van der Waals surface area contributed by atoms with Crippen LogP contribution in [0.4, 0.5) is 5.69 Å². The fourth-order valence-corrected chi connectivity index (χ4v) is 9.21. The Bertz CT molecular complexity index is 1510. The zero-order valence-corrected chi connectivity index (χ0v) is 31.7. The number of halogens is 1. The molecule has 0 radical (unpaired) electrons. The number of carbonyl (C=O) groups is 1. The van der Waals surface area contributed by atoms with Crippen molar-refractivity contribution in [2.24, 2.45) is 11.8 Å². The van der Waals surface area contributed by atoms with Crippen LogP contribution in [0.25, 0.3) is 0 Å². The summed E-state index contributed by atoms with van der Waals surface area (Å²) in [6, 6.07) is 12.9. The van der Waals surface area contributed by atoms with Crippen molar-refractivity contribution in [3.63, 3.8) is 0 Å². The van der Waals surface area contributed by atoms with Crippen LogP contribution in [0.15, 0.2) is 48.6 Å². The van der Waals surface area contributed by atoms with Gasteiger partial charge in [-0.05, 0) is 91.8 Å². The van der Waals surface area contributed by atoms with Gasteiger partial charge in [-0.1, -0.05) is 67.1 Å². The molecule has 2 aromatic carbocycles. The number of benzene rings is 2. The largest absolute Gasteiger partial charge is 0.490 e. The van der Waals surface area contributed by atoms with E-state index < -0.39 is 10.7 Å². The first-order valence-electron chi connectivity index (χ1n) is 18.5. The number of hydrogen-bond acceptors (Lipinski definition) is 6. The van der Waals surface area contributed by atoms with Gasteiger partial charge in [0.2, 0.25) is 0 Å². The highest BCUT2D eigenvalue weighted by atomic mass is 35.5. The molecule has 4 aliphatic rings. The number of carbonyl (C=O) groups excluding carboxylic acids is 1. The lowest BCUT2D eigenvalue weighted by molar-refractivity contribution is 0.0306. The summed E-state index contributed by atoms with van der Waals surface area (Å²) in [7, 11) is 1.34. The van der Waals surface area contributed by atoms with Gasteiger partial charge in [-0.15, -0.1) is 0 Å². The average molecular weight is 709 g/mol. The highest BCUT2D eigenvalue weighted by Gasteiger charge is 2.45. The molecule has 0 aromatic heterocycles. The van der Waals surface area contributed by atoms with Crippen molar-refractivity contribution in [2.45, 2.75) is 76.0 Å². The van der Waals surface area contributed by atoms with Crippen molar-refractivity contribution < 1.29 is 14.3 Å². The minimum Gasteiger partial charge on any atom is -0.490 e. The van der Waals surface area contributed by atoms with E-state index in [4.69, 9.17) is 21.1 Å². The standard InChI is InChI=1S/C40H57ClN4O3S/c1-6-7-10-36(44-20-18-43(19-21-44)22-23-47-4)34-14-11-32(34)26-45-27-40(17-8-9-30-24-33(41)13-15-35(30)40)28-48-38-16-12-31(25-37(38)45)39(46)42-49(5)29(2)3/h7,10,12-13,15-16,24-25,29,32,34,36H,5-6,8-9,11,14,17-23,26-28H2,1-4H3,(H,42,46)/b10-7+/t32?,34?,36?,40-,49?/m0/s1. The van der Waals surface area contributed by atoms with Crippen LogP contribution in [-0.4, -0.2) is 99.0 Å². The first kappa shape index (κ1) is 36.4. The zero-order chi connectivity index (χ0) is 34.5. The third-order valence-electron chi connectivity index (χ3n) is 11.5. The molecule has 2 aliphatic heterocycles. The smallest absolute Gasteiger partial charge is 0.260 e. The van der Waals surface area contributed by atoms with Crippen LogP contribution in [0.3, 0.4) is 0 Å². The van der Waals surface area contributed by atoms with Gasteiger partial charge in [0.05, 0.1) is 18.9 Å². The second kappa shape index (κ2) is 16.3. The van der Waals surface area contributed by atoms with Gasteiger partial charge in [0, 0.05) is 80.2 Å². The van der Waals surface area contributed by atoms with Crippen LogP contribution in [-0.2, 0) is 16.6 Å². The fourth-order valence-electron chi connectivity index (χ4n) is 8.42. The first-order chi connectivity index (χ1) is 23.7. The molecule has 49 heavy (non-hydrogen) atoms. The van der Waals surface area contributed by atoms with Gasteiger partial charge in [0.1, 0.15) is 5.75 Å². The number of anilines is 1. The van der Waals surface area contributed by atoms with Crippen molar-refractivity contribution >= 4 is 39.7 Å². The van der Waals surface area contributed by atoms with E-state index in [1.807, 2.05) is 18.2 Å². The number of rotatable bonds is 12. The van der Waals surface area contributed by atoms with Crippen LogP contribution in [0.2, 0.25) is 5.02 Å². The van der Waals surface area contributed by atoms with Gasteiger partial charge in [-0.3, -0.25) is 14.6 Å². The summed E-state index contributed by atoms with van der Waals surface area (Å²) in [6.45, 7) is 15.0. The molecule has 0 bridgehead atoms. The van der Waals surface area contributed by atoms with E-state index in [0.717, 1.165) is 94.6 Å². The van der Waals surface area contributed by atoms with Crippen molar-refractivity contribution in [1.29, 1.82) is 0 Å². The van der Waals surface area contributed by atoms with E-state index in [-0.39, 0.29) is 16.6 Å². The van der Waals surface area contributed by atoms with Gasteiger partial charge >= 0.3 is 0 Å². The minimum atomic E-state index is -0.449. The number of piperazine rings is 1. The highest BCUT2D eigenvalue weighted by Crippen LogP contribution is 2.47. The van der Waals surface area contributed by atoms with E-state index in [1.54, 1.807) is 7.11 Å². The van der Waals surface area contributed by atoms with Gasteiger partial charge in [-0.2, -0.15) is 0 Å². The second-order valence-electron chi connectivity index (χ2n) is 14.9. The predicted octanol–water partition coefficient (Wildman–Crippen LogP) is 7.19. The predicted molar refractivity (Wildman–Crippen MR) is 207 cm³/mol. The molecule has 1 N–H and O–H groups in total. The molecule has 1 saturated carbocycles. The molecule has 268 valence electrons. The summed E-state index contributed by atoms with van der Waals surface area (Å²) in [5.41, 5.74) is 4.28. The average Bonchev–Trinajstić information content (AvgIpc) is 3.24. The summed E-state index contributed by atoms with van der Waals surface area (Å²) in [6.07, 6.45) is 11.7. The molecule has 2 fully saturated rings. The topological polar surface area (TPSA) is 57.3 Å². The molecule has 2 aliphatic carbocycles. The number of fused-ring (bicyclic) bond motifs is 3. The molecule has 4 unspecified atom stereocenters.